The Labute approximate surface area is 118 Å². The molecule has 8 nitrogen and oxygen atoms in total. The number of hydrogen-bond acceptors (Lipinski definition) is 8. The zero-order chi connectivity index (χ0) is 15.4. The van der Waals surface area contributed by atoms with E-state index in [1.165, 1.54) is 0 Å². The van der Waals surface area contributed by atoms with Gasteiger partial charge in [-0.3, -0.25) is 9.59 Å². The first-order valence-electron chi connectivity index (χ1n) is 6.44. The Hall–Kier alpha value is -1.22. The van der Waals surface area contributed by atoms with Gasteiger partial charge in [0.1, 0.15) is 12.2 Å². The van der Waals surface area contributed by atoms with Gasteiger partial charge in [0.05, 0.1) is 39.5 Å². The molecule has 0 saturated carbocycles. The zero-order valence-electron chi connectivity index (χ0n) is 12.0. The molecule has 0 bridgehead atoms. The van der Waals surface area contributed by atoms with E-state index in [0.717, 1.165) is 0 Å². The Bertz CT molecular complexity index is 259. The van der Waals surface area contributed by atoms with Crippen molar-refractivity contribution in [3.05, 3.63) is 0 Å². The fourth-order valence-electron chi connectivity index (χ4n) is 1.23. The van der Waals surface area contributed by atoms with Crippen LogP contribution in [0.1, 0.15) is 13.8 Å². The van der Waals surface area contributed by atoms with Crippen molar-refractivity contribution in [2.45, 2.75) is 26.1 Å². The van der Waals surface area contributed by atoms with Crippen LogP contribution in [-0.4, -0.2) is 63.7 Å². The summed E-state index contributed by atoms with van der Waals surface area (Å²) >= 11 is 0. The van der Waals surface area contributed by atoms with Crippen molar-refractivity contribution in [2.75, 3.05) is 39.5 Å². The van der Waals surface area contributed by atoms with Gasteiger partial charge in [-0.05, 0) is 13.8 Å². The van der Waals surface area contributed by atoms with Crippen molar-refractivity contribution in [1.82, 2.24) is 0 Å². The lowest BCUT2D eigenvalue weighted by Crippen LogP contribution is -2.27. The summed E-state index contributed by atoms with van der Waals surface area (Å²) in [4.78, 5) is 21.7. The van der Waals surface area contributed by atoms with Gasteiger partial charge in [-0.25, -0.2) is 0 Å². The van der Waals surface area contributed by atoms with Gasteiger partial charge < -0.3 is 30.4 Å². The monoisotopic (exact) mass is 292 g/mol. The lowest BCUT2D eigenvalue weighted by atomic mass is 10.4. The number of nitrogens with two attached hydrogens (primary N) is 2. The molecule has 0 aliphatic carbocycles. The molecule has 0 aliphatic heterocycles. The molecule has 8 heteroatoms. The molecule has 118 valence electrons. The first-order chi connectivity index (χ1) is 9.49. The van der Waals surface area contributed by atoms with Crippen LogP contribution >= 0.6 is 0 Å². The maximum absolute atomic E-state index is 10.9. The van der Waals surface area contributed by atoms with Crippen LogP contribution < -0.4 is 11.5 Å². The Morgan fingerprint density at radius 1 is 0.850 bits per heavy atom. The minimum absolute atomic E-state index is 0.146. The molecule has 0 heterocycles. The second-order valence-electron chi connectivity index (χ2n) is 4.16. The summed E-state index contributed by atoms with van der Waals surface area (Å²) in [5.41, 5.74) is 10.2. The van der Waals surface area contributed by atoms with Gasteiger partial charge in [0, 0.05) is 0 Å². The molecule has 0 spiro atoms. The second-order valence-corrected chi connectivity index (χ2v) is 4.16. The van der Waals surface area contributed by atoms with E-state index in [2.05, 4.69) is 0 Å². The third kappa shape index (κ3) is 10.7. The molecule has 0 amide bonds. The van der Waals surface area contributed by atoms with Gasteiger partial charge in [0.15, 0.2) is 0 Å². The van der Waals surface area contributed by atoms with Crippen molar-refractivity contribution in [3.8, 4) is 0 Å². The van der Waals surface area contributed by atoms with Crippen LogP contribution in [-0.2, 0) is 28.5 Å². The van der Waals surface area contributed by atoms with Crippen LogP contribution in [0.2, 0.25) is 0 Å². The summed E-state index contributed by atoms with van der Waals surface area (Å²) < 4.78 is 20.3. The number of rotatable bonds is 11. The molecule has 0 rings (SSSR count). The maximum Gasteiger partial charge on any atom is 0.320 e. The van der Waals surface area contributed by atoms with Crippen LogP contribution in [0.25, 0.3) is 0 Å². The predicted molar refractivity (Wildman–Crippen MR) is 70.9 cm³/mol. The van der Waals surface area contributed by atoms with Crippen LogP contribution in [0.4, 0.5) is 0 Å². The zero-order valence-corrected chi connectivity index (χ0v) is 12.0. The number of carbonyl (C=O) groups is 2. The summed E-state index contributed by atoms with van der Waals surface area (Å²) in [5, 5.41) is 0. The Balaban J connectivity index is 3.44. The molecule has 0 aromatic heterocycles. The smallest absolute Gasteiger partial charge is 0.320 e. The summed E-state index contributed by atoms with van der Waals surface area (Å²) in [7, 11) is 0. The van der Waals surface area contributed by atoms with E-state index in [4.69, 9.17) is 30.4 Å². The molecular formula is C12H24N2O6. The molecular weight excluding hydrogens is 268 g/mol. The normalized spacial score (nSPS) is 13.6. The lowest BCUT2D eigenvalue weighted by molar-refractivity contribution is -0.151. The standard InChI is InChI=1S/C12H24N2O6/c1-9(19-11(15)5-13)7-17-3-4-18-8-10(2)20-12(16)6-14/h9-10H,3-8,13-14H2,1-2H3. The van der Waals surface area contributed by atoms with Gasteiger partial charge in [0.2, 0.25) is 0 Å². The van der Waals surface area contributed by atoms with E-state index in [0.29, 0.717) is 13.2 Å². The molecule has 2 unspecified atom stereocenters. The summed E-state index contributed by atoms with van der Waals surface area (Å²) in [5.74, 6) is -0.930. The summed E-state index contributed by atoms with van der Waals surface area (Å²) in [6.45, 7) is 4.37. The first kappa shape index (κ1) is 18.8. The predicted octanol–water partition coefficient (Wildman–Crippen LogP) is -1.20. The molecule has 0 aromatic carbocycles. The largest absolute Gasteiger partial charge is 0.459 e. The number of esters is 2. The van der Waals surface area contributed by atoms with E-state index in [1.807, 2.05) is 0 Å². The quantitative estimate of drug-likeness (QED) is 0.359. The van der Waals surface area contributed by atoms with Gasteiger partial charge in [-0.2, -0.15) is 0 Å². The molecule has 2 atom stereocenters. The van der Waals surface area contributed by atoms with Crippen molar-refractivity contribution < 1.29 is 28.5 Å². The Morgan fingerprint density at radius 3 is 1.50 bits per heavy atom. The van der Waals surface area contributed by atoms with Crippen molar-refractivity contribution in [2.24, 2.45) is 11.5 Å². The topological polar surface area (TPSA) is 123 Å². The van der Waals surface area contributed by atoms with E-state index < -0.39 is 11.9 Å². The van der Waals surface area contributed by atoms with Crippen LogP contribution in [0, 0.1) is 0 Å². The fourth-order valence-corrected chi connectivity index (χ4v) is 1.23. The molecule has 4 N–H and O–H groups in total. The third-order valence-electron chi connectivity index (χ3n) is 2.08. The average Bonchev–Trinajstić information content (AvgIpc) is 2.42. The minimum Gasteiger partial charge on any atom is -0.459 e. The Kier molecular flexibility index (Phi) is 10.9. The van der Waals surface area contributed by atoms with Gasteiger partial charge in [0.25, 0.3) is 0 Å². The number of ether oxygens (including phenoxy) is 4. The molecule has 0 saturated heterocycles. The number of hydrogen-bond donors (Lipinski definition) is 2. The molecule has 0 radical (unpaired) electrons. The van der Waals surface area contributed by atoms with E-state index in [-0.39, 0.29) is 38.5 Å². The second kappa shape index (κ2) is 11.6. The highest BCUT2D eigenvalue weighted by molar-refractivity contribution is 5.71. The number of carbonyl (C=O) groups excluding carboxylic acids is 2. The molecule has 0 aromatic rings. The van der Waals surface area contributed by atoms with Gasteiger partial charge >= 0.3 is 11.9 Å². The SMILES string of the molecule is CC(COCCOCC(C)OC(=O)CN)OC(=O)CN. The van der Waals surface area contributed by atoms with Gasteiger partial charge in [-0.1, -0.05) is 0 Å². The lowest BCUT2D eigenvalue weighted by Gasteiger charge is -2.14. The molecule has 20 heavy (non-hydrogen) atoms. The molecule has 0 aliphatic rings. The van der Waals surface area contributed by atoms with E-state index in [9.17, 15) is 9.59 Å². The summed E-state index contributed by atoms with van der Waals surface area (Å²) in [6, 6.07) is 0. The summed E-state index contributed by atoms with van der Waals surface area (Å²) in [6.07, 6.45) is -0.703. The maximum atomic E-state index is 10.9. The third-order valence-corrected chi connectivity index (χ3v) is 2.08. The average molecular weight is 292 g/mol. The minimum atomic E-state index is -0.465. The van der Waals surface area contributed by atoms with Crippen molar-refractivity contribution in [3.63, 3.8) is 0 Å². The highest BCUT2D eigenvalue weighted by atomic mass is 16.6. The Morgan fingerprint density at radius 2 is 1.20 bits per heavy atom. The first-order valence-corrected chi connectivity index (χ1v) is 6.44. The highest BCUT2D eigenvalue weighted by Crippen LogP contribution is 1.95. The van der Waals surface area contributed by atoms with Gasteiger partial charge in [-0.15, -0.1) is 0 Å². The van der Waals surface area contributed by atoms with Crippen molar-refractivity contribution >= 4 is 11.9 Å². The van der Waals surface area contributed by atoms with E-state index in [1.54, 1.807) is 13.8 Å². The van der Waals surface area contributed by atoms with Crippen LogP contribution in [0.5, 0.6) is 0 Å². The fraction of sp³-hybridized carbons (Fsp3) is 0.833. The van der Waals surface area contributed by atoms with Crippen LogP contribution in [0.3, 0.4) is 0 Å². The molecule has 0 fully saturated rings. The van der Waals surface area contributed by atoms with Crippen LogP contribution in [0.15, 0.2) is 0 Å². The van der Waals surface area contributed by atoms with E-state index >= 15 is 0 Å². The highest BCUT2D eigenvalue weighted by Gasteiger charge is 2.09. The van der Waals surface area contributed by atoms with Crippen molar-refractivity contribution in [1.29, 1.82) is 0 Å².